The average molecular weight is 283 g/mol. The highest BCUT2D eigenvalue weighted by Gasteiger charge is 2.38. The van der Waals surface area contributed by atoms with Gasteiger partial charge in [0.25, 0.3) is 0 Å². The summed E-state index contributed by atoms with van der Waals surface area (Å²) in [6.07, 6.45) is 12.2. The number of carbonyl (C=O) groups is 1. The third-order valence-electron chi connectivity index (χ3n) is 5.04. The fourth-order valence-corrected chi connectivity index (χ4v) is 3.80. The van der Waals surface area contributed by atoms with Gasteiger partial charge in [0.05, 0.1) is 0 Å². The van der Waals surface area contributed by atoms with Gasteiger partial charge in [-0.1, -0.05) is 38.5 Å². The highest BCUT2D eigenvalue weighted by atomic mass is 16.4. The molecule has 2 rings (SSSR count). The van der Waals surface area contributed by atoms with Gasteiger partial charge in [0.2, 0.25) is 0 Å². The second kappa shape index (κ2) is 6.90. The zero-order valence-electron chi connectivity index (χ0n) is 12.7. The lowest BCUT2D eigenvalue weighted by Crippen LogP contribution is -2.54. The minimum atomic E-state index is -1.63. The van der Waals surface area contributed by atoms with E-state index in [0.29, 0.717) is 12.1 Å². The highest BCUT2D eigenvalue weighted by Crippen LogP contribution is 2.31. The van der Waals surface area contributed by atoms with Crippen molar-refractivity contribution in [2.24, 2.45) is 0 Å². The first-order valence-electron chi connectivity index (χ1n) is 8.22. The molecule has 20 heavy (non-hydrogen) atoms. The molecule has 0 spiro atoms. The van der Waals surface area contributed by atoms with E-state index in [9.17, 15) is 15.0 Å². The Balaban J connectivity index is 2.07. The SMILES string of the molecule is CC(O)(CN(C1CCCCC1)C1CCCCC1)C(=O)O. The standard InChI is InChI=1S/C16H29NO3/c1-16(20,15(18)19)12-17(13-8-4-2-5-9-13)14-10-6-3-7-11-14/h13-14,20H,2-12H2,1H3,(H,18,19). The van der Waals surface area contributed by atoms with Crippen LogP contribution in [0, 0.1) is 0 Å². The number of carboxylic acids is 1. The number of rotatable bonds is 5. The van der Waals surface area contributed by atoms with Crippen LogP contribution in [-0.4, -0.2) is 45.3 Å². The number of nitrogens with zero attached hydrogens (tertiary/aromatic N) is 1. The predicted octanol–water partition coefficient (Wildman–Crippen LogP) is 2.79. The van der Waals surface area contributed by atoms with Crippen molar-refractivity contribution in [3.05, 3.63) is 0 Å². The number of hydrogen-bond acceptors (Lipinski definition) is 3. The van der Waals surface area contributed by atoms with Crippen LogP contribution in [0.2, 0.25) is 0 Å². The first-order chi connectivity index (χ1) is 9.50. The Morgan fingerprint density at radius 1 is 1.00 bits per heavy atom. The van der Waals surface area contributed by atoms with E-state index in [1.807, 2.05) is 0 Å². The van der Waals surface area contributed by atoms with Crippen molar-refractivity contribution < 1.29 is 15.0 Å². The second-order valence-corrected chi connectivity index (χ2v) is 6.84. The normalized spacial score (nSPS) is 25.6. The Morgan fingerprint density at radius 2 is 1.40 bits per heavy atom. The molecule has 4 nitrogen and oxygen atoms in total. The lowest BCUT2D eigenvalue weighted by molar-refractivity contribution is -0.160. The summed E-state index contributed by atoms with van der Waals surface area (Å²) in [6.45, 7) is 1.71. The highest BCUT2D eigenvalue weighted by molar-refractivity contribution is 5.76. The van der Waals surface area contributed by atoms with E-state index in [1.165, 1.54) is 45.4 Å². The van der Waals surface area contributed by atoms with E-state index in [1.54, 1.807) is 0 Å². The van der Waals surface area contributed by atoms with Crippen LogP contribution in [0.3, 0.4) is 0 Å². The molecular formula is C16H29NO3. The van der Waals surface area contributed by atoms with Crippen LogP contribution >= 0.6 is 0 Å². The minimum Gasteiger partial charge on any atom is -0.479 e. The van der Waals surface area contributed by atoms with Gasteiger partial charge in [0.1, 0.15) is 0 Å². The molecule has 4 heteroatoms. The van der Waals surface area contributed by atoms with Crippen LogP contribution in [0.1, 0.15) is 71.1 Å². The van der Waals surface area contributed by atoms with E-state index in [0.717, 1.165) is 25.7 Å². The molecule has 0 aromatic carbocycles. The van der Waals surface area contributed by atoms with Gasteiger partial charge in [-0.3, -0.25) is 4.90 Å². The molecule has 1 atom stereocenters. The van der Waals surface area contributed by atoms with Gasteiger partial charge in [-0.2, -0.15) is 0 Å². The first kappa shape index (κ1) is 15.8. The summed E-state index contributed by atoms with van der Waals surface area (Å²) >= 11 is 0. The van der Waals surface area contributed by atoms with Crippen molar-refractivity contribution in [2.45, 2.75) is 88.8 Å². The summed E-state index contributed by atoms with van der Waals surface area (Å²) < 4.78 is 0. The van der Waals surface area contributed by atoms with Gasteiger partial charge >= 0.3 is 5.97 Å². The van der Waals surface area contributed by atoms with Gasteiger partial charge < -0.3 is 10.2 Å². The van der Waals surface area contributed by atoms with E-state index < -0.39 is 11.6 Å². The van der Waals surface area contributed by atoms with Crippen LogP contribution in [0.4, 0.5) is 0 Å². The van der Waals surface area contributed by atoms with Crippen molar-refractivity contribution >= 4 is 5.97 Å². The Hall–Kier alpha value is -0.610. The zero-order chi connectivity index (χ0) is 14.6. The van der Waals surface area contributed by atoms with E-state index in [-0.39, 0.29) is 6.54 Å². The molecule has 0 bridgehead atoms. The monoisotopic (exact) mass is 283 g/mol. The smallest absolute Gasteiger partial charge is 0.336 e. The fraction of sp³-hybridized carbons (Fsp3) is 0.938. The van der Waals surface area contributed by atoms with Gasteiger partial charge in [-0.25, -0.2) is 4.79 Å². The second-order valence-electron chi connectivity index (χ2n) is 6.84. The molecule has 0 aromatic heterocycles. The summed E-state index contributed by atoms with van der Waals surface area (Å²) in [5.41, 5.74) is -1.63. The molecular weight excluding hydrogens is 254 g/mol. The van der Waals surface area contributed by atoms with Crippen molar-refractivity contribution in [1.82, 2.24) is 4.90 Å². The lowest BCUT2D eigenvalue weighted by atomic mass is 9.87. The number of aliphatic carboxylic acids is 1. The Labute approximate surface area is 122 Å². The van der Waals surface area contributed by atoms with Gasteiger partial charge in [-0.05, 0) is 32.6 Å². The molecule has 2 N–H and O–H groups in total. The number of carboxylic acid groups (broad SMARTS) is 1. The van der Waals surface area contributed by atoms with Gasteiger partial charge in [0, 0.05) is 18.6 Å². The molecule has 0 heterocycles. The van der Waals surface area contributed by atoms with Crippen molar-refractivity contribution in [3.8, 4) is 0 Å². The van der Waals surface area contributed by atoms with Crippen molar-refractivity contribution in [1.29, 1.82) is 0 Å². The maximum atomic E-state index is 11.2. The summed E-state index contributed by atoms with van der Waals surface area (Å²) in [4.78, 5) is 13.6. The topological polar surface area (TPSA) is 60.8 Å². The zero-order valence-corrected chi connectivity index (χ0v) is 12.7. The van der Waals surface area contributed by atoms with Gasteiger partial charge in [0.15, 0.2) is 5.60 Å². The summed E-state index contributed by atoms with van der Waals surface area (Å²) in [5.74, 6) is -1.10. The third-order valence-corrected chi connectivity index (χ3v) is 5.04. The van der Waals surface area contributed by atoms with Crippen LogP contribution in [0.15, 0.2) is 0 Å². The average Bonchev–Trinajstić information content (AvgIpc) is 2.46. The maximum Gasteiger partial charge on any atom is 0.336 e. The number of aliphatic hydroxyl groups is 1. The van der Waals surface area contributed by atoms with Crippen molar-refractivity contribution in [3.63, 3.8) is 0 Å². The molecule has 0 saturated heterocycles. The number of hydrogen-bond donors (Lipinski definition) is 2. The Bertz CT molecular complexity index is 300. The molecule has 2 aliphatic carbocycles. The quantitative estimate of drug-likeness (QED) is 0.814. The van der Waals surface area contributed by atoms with Crippen LogP contribution in [0.25, 0.3) is 0 Å². The fourth-order valence-electron chi connectivity index (χ4n) is 3.80. The summed E-state index contributed by atoms with van der Waals surface area (Å²) in [5, 5.41) is 19.4. The molecule has 2 fully saturated rings. The molecule has 1 unspecified atom stereocenters. The molecule has 2 saturated carbocycles. The molecule has 116 valence electrons. The van der Waals surface area contributed by atoms with Crippen molar-refractivity contribution in [2.75, 3.05) is 6.54 Å². The molecule has 0 aliphatic heterocycles. The molecule has 0 aromatic rings. The van der Waals surface area contributed by atoms with Crippen LogP contribution in [0.5, 0.6) is 0 Å². The van der Waals surface area contributed by atoms with Crippen LogP contribution in [-0.2, 0) is 4.79 Å². The van der Waals surface area contributed by atoms with Crippen LogP contribution < -0.4 is 0 Å². The minimum absolute atomic E-state index is 0.275. The summed E-state index contributed by atoms with van der Waals surface area (Å²) in [6, 6.07) is 0.940. The van der Waals surface area contributed by atoms with Gasteiger partial charge in [-0.15, -0.1) is 0 Å². The molecule has 0 radical (unpaired) electrons. The molecule has 2 aliphatic rings. The largest absolute Gasteiger partial charge is 0.479 e. The van der Waals surface area contributed by atoms with E-state index >= 15 is 0 Å². The molecule has 0 amide bonds. The first-order valence-corrected chi connectivity index (χ1v) is 8.22. The lowest BCUT2D eigenvalue weighted by Gasteiger charge is -2.43. The Kier molecular flexibility index (Phi) is 5.44. The Morgan fingerprint density at radius 3 is 1.75 bits per heavy atom. The predicted molar refractivity (Wildman–Crippen MR) is 78.7 cm³/mol. The van der Waals surface area contributed by atoms with E-state index in [4.69, 9.17) is 0 Å². The maximum absolute atomic E-state index is 11.2. The third kappa shape index (κ3) is 3.95. The summed E-state index contributed by atoms with van der Waals surface area (Å²) in [7, 11) is 0. The van der Waals surface area contributed by atoms with E-state index in [2.05, 4.69) is 4.90 Å².